The largest absolute Gasteiger partial charge is 0.399 e. The second-order valence-corrected chi connectivity index (χ2v) is 4.81. The van der Waals surface area contributed by atoms with Gasteiger partial charge in [0.1, 0.15) is 0 Å². The molecule has 2 atom stereocenters. The molecular formula is C12H20N2. The Bertz CT molecular complexity index is 269. The van der Waals surface area contributed by atoms with Gasteiger partial charge >= 0.3 is 0 Å². The minimum atomic E-state index is 0.204. The summed E-state index contributed by atoms with van der Waals surface area (Å²) in [5.41, 5.74) is 6.86. The van der Waals surface area contributed by atoms with E-state index in [-0.39, 0.29) is 5.41 Å². The molecule has 78 valence electrons. The Morgan fingerprint density at radius 1 is 1.50 bits per heavy atom. The third-order valence-corrected chi connectivity index (χ3v) is 2.57. The van der Waals surface area contributed by atoms with E-state index in [1.807, 2.05) is 6.08 Å². The Balaban J connectivity index is 2.87. The number of nitrogens with one attached hydrogen (secondary N) is 1. The van der Waals surface area contributed by atoms with Crippen molar-refractivity contribution < 1.29 is 0 Å². The Hall–Kier alpha value is -1.18. The van der Waals surface area contributed by atoms with Gasteiger partial charge in [-0.25, -0.2) is 0 Å². The van der Waals surface area contributed by atoms with E-state index in [1.54, 1.807) is 6.20 Å². The van der Waals surface area contributed by atoms with Gasteiger partial charge in [-0.2, -0.15) is 0 Å². The van der Waals surface area contributed by atoms with E-state index in [9.17, 15) is 0 Å². The van der Waals surface area contributed by atoms with Crippen molar-refractivity contribution in [3.05, 3.63) is 36.7 Å². The van der Waals surface area contributed by atoms with Crippen LogP contribution in [0.25, 0.3) is 0 Å². The topological polar surface area (TPSA) is 38.0 Å². The maximum Gasteiger partial charge on any atom is 0.0511 e. The highest BCUT2D eigenvalue weighted by Crippen LogP contribution is 2.33. The lowest BCUT2D eigenvalue weighted by atomic mass is 9.74. The van der Waals surface area contributed by atoms with E-state index >= 15 is 0 Å². The number of hydrogen-bond donors (Lipinski definition) is 2. The predicted octanol–water partition coefficient (Wildman–Crippen LogP) is 2.16. The zero-order valence-corrected chi connectivity index (χ0v) is 9.25. The molecule has 2 unspecified atom stereocenters. The lowest BCUT2D eigenvalue weighted by molar-refractivity contribution is 0.257. The zero-order valence-electron chi connectivity index (χ0n) is 9.25. The maximum absolute atomic E-state index is 5.80. The third kappa shape index (κ3) is 2.41. The maximum atomic E-state index is 5.80. The average Bonchev–Trinajstić information content (AvgIpc) is 2.07. The van der Waals surface area contributed by atoms with Gasteiger partial charge in [0.2, 0.25) is 0 Å². The Morgan fingerprint density at radius 2 is 2.14 bits per heavy atom. The molecule has 0 aromatic rings. The molecule has 3 N–H and O–H groups in total. The summed E-state index contributed by atoms with van der Waals surface area (Å²) in [6.07, 6.45) is 7.92. The highest BCUT2D eigenvalue weighted by Gasteiger charge is 2.30. The van der Waals surface area contributed by atoms with E-state index in [0.717, 1.165) is 5.70 Å². The number of rotatable bonds is 2. The van der Waals surface area contributed by atoms with Crippen LogP contribution in [0.5, 0.6) is 0 Å². The summed E-state index contributed by atoms with van der Waals surface area (Å²) >= 11 is 0. The number of nitrogens with two attached hydrogens (primary N) is 1. The highest BCUT2D eigenvalue weighted by atomic mass is 14.9. The molecule has 1 rings (SSSR count). The summed E-state index contributed by atoms with van der Waals surface area (Å²) in [7, 11) is 0. The van der Waals surface area contributed by atoms with E-state index in [0.29, 0.717) is 12.0 Å². The van der Waals surface area contributed by atoms with Crippen LogP contribution < -0.4 is 11.1 Å². The molecule has 0 aromatic carbocycles. The smallest absolute Gasteiger partial charge is 0.0511 e. The molecule has 0 saturated carbocycles. The summed E-state index contributed by atoms with van der Waals surface area (Å²) in [6.45, 7) is 10.4. The lowest BCUT2D eigenvalue weighted by Crippen LogP contribution is -2.39. The highest BCUT2D eigenvalue weighted by molar-refractivity contribution is 5.26. The lowest BCUT2D eigenvalue weighted by Gasteiger charge is -2.35. The Kier molecular flexibility index (Phi) is 3.04. The van der Waals surface area contributed by atoms with Gasteiger partial charge in [0.05, 0.1) is 6.04 Å². The van der Waals surface area contributed by atoms with Crippen LogP contribution >= 0.6 is 0 Å². The molecule has 0 amide bonds. The first-order valence-electron chi connectivity index (χ1n) is 4.97. The molecule has 2 heteroatoms. The van der Waals surface area contributed by atoms with Crippen LogP contribution in [0.4, 0.5) is 0 Å². The van der Waals surface area contributed by atoms with Crippen molar-refractivity contribution in [3.8, 4) is 0 Å². The molecular weight excluding hydrogens is 172 g/mol. The van der Waals surface area contributed by atoms with E-state index < -0.39 is 0 Å². The van der Waals surface area contributed by atoms with Gasteiger partial charge in [-0.15, -0.1) is 0 Å². The van der Waals surface area contributed by atoms with E-state index in [4.69, 9.17) is 5.73 Å². The molecule has 0 saturated heterocycles. The van der Waals surface area contributed by atoms with Crippen LogP contribution in [-0.2, 0) is 0 Å². The molecule has 14 heavy (non-hydrogen) atoms. The first-order valence-corrected chi connectivity index (χ1v) is 4.97. The summed E-state index contributed by atoms with van der Waals surface area (Å²) in [5, 5.41) is 3.24. The second-order valence-electron chi connectivity index (χ2n) is 4.81. The van der Waals surface area contributed by atoms with Crippen molar-refractivity contribution in [1.29, 1.82) is 0 Å². The monoisotopic (exact) mass is 192 g/mol. The fraction of sp³-hybridized carbons (Fsp3) is 0.500. The van der Waals surface area contributed by atoms with Crippen LogP contribution in [0.15, 0.2) is 36.7 Å². The predicted molar refractivity (Wildman–Crippen MR) is 61.5 cm³/mol. The van der Waals surface area contributed by atoms with E-state index in [2.05, 4.69) is 44.8 Å². The first-order chi connectivity index (χ1) is 6.45. The quantitative estimate of drug-likeness (QED) is 0.703. The molecule has 1 aliphatic rings. The van der Waals surface area contributed by atoms with Crippen LogP contribution in [0.2, 0.25) is 0 Å². The average molecular weight is 192 g/mol. The van der Waals surface area contributed by atoms with Crippen LogP contribution in [0.3, 0.4) is 0 Å². The van der Waals surface area contributed by atoms with Gasteiger partial charge in [0, 0.05) is 11.6 Å². The van der Waals surface area contributed by atoms with Gasteiger partial charge in [0.25, 0.3) is 0 Å². The minimum Gasteiger partial charge on any atom is -0.399 e. The number of allylic oxidation sites excluding steroid dienone is 1. The third-order valence-electron chi connectivity index (χ3n) is 2.57. The van der Waals surface area contributed by atoms with Gasteiger partial charge in [-0.1, -0.05) is 39.5 Å². The van der Waals surface area contributed by atoms with Gasteiger partial charge < -0.3 is 11.1 Å². The SMILES string of the molecule is C=CNC1C=CC(N)=CC1C(C)(C)C. The Morgan fingerprint density at radius 3 is 2.64 bits per heavy atom. The number of hydrogen-bond acceptors (Lipinski definition) is 2. The standard InChI is InChI=1S/C12H20N2/c1-5-14-11-7-6-9(13)8-10(11)12(2,3)4/h5-8,10-11,14H,1,13H2,2-4H3. The van der Waals surface area contributed by atoms with Crippen LogP contribution in [-0.4, -0.2) is 6.04 Å². The molecule has 0 fully saturated rings. The molecule has 0 bridgehead atoms. The van der Waals surface area contributed by atoms with Crippen molar-refractivity contribution in [2.75, 3.05) is 0 Å². The Labute approximate surface area is 86.6 Å². The van der Waals surface area contributed by atoms with Crippen LogP contribution in [0.1, 0.15) is 20.8 Å². The molecule has 1 aliphatic carbocycles. The molecule has 0 radical (unpaired) electrons. The van der Waals surface area contributed by atoms with Gasteiger partial charge in [-0.3, -0.25) is 0 Å². The van der Waals surface area contributed by atoms with Crippen molar-refractivity contribution in [1.82, 2.24) is 5.32 Å². The molecule has 0 aromatic heterocycles. The normalized spacial score (nSPS) is 26.9. The fourth-order valence-corrected chi connectivity index (χ4v) is 1.79. The zero-order chi connectivity index (χ0) is 10.8. The van der Waals surface area contributed by atoms with Crippen molar-refractivity contribution in [3.63, 3.8) is 0 Å². The fourth-order valence-electron chi connectivity index (χ4n) is 1.79. The summed E-state index contributed by atoms with van der Waals surface area (Å²) < 4.78 is 0. The molecule has 2 nitrogen and oxygen atoms in total. The minimum absolute atomic E-state index is 0.204. The summed E-state index contributed by atoms with van der Waals surface area (Å²) in [5.74, 6) is 0.408. The van der Waals surface area contributed by atoms with Crippen molar-refractivity contribution in [2.45, 2.75) is 26.8 Å². The van der Waals surface area contributed by atoms with Crippen molar-refractivity contribution >= 4 is 0 Å². The van der Waals surface area contributed by atoms with Crippen molar-refractivity contribution in [2.24, 2.45) is 17.1 Å². The van der Waals surface area contributed by atoms with E-state index in [1.165, 1.54) is 0 Å². The molecule has 0 heterocycles. The van der Waals surface area contributed by atoms with Gasteiger partial charge in [0.15, 0.2) is 0 Å². The first kappa shape index (κ1) is 10.9. The van der Waals surface area contributed by atoms with Gasteiger partial charge in [-0.05, 0) is 17.7 Å². The summed E-state index contributed by atoms with van der Waals surface area (Å²) in [4.78, 5) is 0. The summed E-state index contributed by atoms with van der Waals surface area (Å²) in [6, 6.07) is 0.305. The second kappa shape index (κ2) is 3.91. The van der Waals surface area contributed by atoms with Crippen LogP contribution in [0, 0.1) is 11.3 Å². The molecule has 0 aliphatic heterocycles. The molecule has 0 spiro atoms.